The molecular formula is C63H90N10O10S. The van der Waals surface area contributed by atoms with Gasteiger partial charge in [-0.05, 0) is 110 Å². The summed E-state index contributed by atoms with van der Waals surface area (Å²) >= 11 is 1.83. The third kappa shape index (κ3) is 17.1. The van der Waals surface area contributed by atoms with Crippen molar-refractivity contribution in [2.24, 2.45) is 0 Å². The number of thiophene rings is 1. The number of aromatic nitrogens is 4. The standard InChI is InChI=1S/C22H30N2O2S.C21H32N6O3.C20H28N2O5/c1-3-21(25)24(19-8-5-4-6-9-19)22(18-26-2)12-15-23(16-13-22)14-11-20-10-7-17-27-20;1-4-19(28)27(18-9-7-6-8-10-18)21(17-30-3)11-13-24(14-12-21)15-16-26-20(29)25(5-2)22-23-26;1-4-17(23)22(16-8-6-5-7-9-16)20(19(25)27-3)11-14-21(15-12-20)13-10-18(24)26-2/h4-10,17H,3,11-16,18H2,1-2H3;6-10H,4-5,11-17H2,1-3H3;5-9H,4,10-15H2,1-3H3. The van der Waals surface area contributed by atoms with Gasteiger partial charge in [-0.2, -0.15) is 9.36 Å². The van der Waals surface area contributed by atoms with Crippen molar-refractivity contribution in [3.05, 3.63) is 124 Å². The number of aryl methyl sites for hydroxylation is 1. The molecule has 0 atom stereocenters. The lowest BCUT2D eigenvalue weighted by atomic mass is 9.84. The number of tetrazole rings is 1. The van der Waals surface area contributed by atoms with Crippen LogP contribution in [-0.2, 0) is 62.4 Å². The third-order valence-corrected chi connectivity index (χ3v) is 17.4. The van der Waals surface area contributed by atoms with E-state index < -0.39 is 11.5 Å². The second-order valence-electron chi connectivity index (χ2n) is 21.6. The Morgan fingerprint density at radius 3 is 1.35 bits per heavy atom. The Hall–Kier alpha value is -6.62. The molecule has 3 saturated heterocycles. The number of para-hydroxylation sites is 3. The van der Waals surface area contributed by atoms with Gasteiger partial charge in [-0.1, -0.05) is 81.4 Å². The highest BCUT2D eigenvalue weighted by Gasteiger charge is 2.50. The molecule has 8 rings (SSSR count). The Balaban J connectivity index is 0.000000202. The van der Waals surface area contributed by atoms with Gasteiger partial charge in [0.25, 0.3) is 0 Å². The van der Waals surface area contributed by atoms with E-state index in [-0.39, 0.29) is 40.5 Å². The molecule has 0 spiro atoms. The first-order chi connectivity index (χ1) is 40.7. The van der Waals surface area contributed by atoms with Crippen molar-refractivity contribution in [2.75, 3.05) is 115 Å². The van der Waals surface area contributed by atoms with Gasteiger partial charge in [-0.3, -0.25) is 24.1 Å². The molecule has 0 bridgehead atoms. The zero-order chi connectivity index (χ0) is 60.5. The summed E-state index contributed by atoms with van der Waals surface area (Å²) in [4.78, 5) is 89.0. The highest BCUT2D eigenvalue weighted by molar-refractivity contribution is 7.09. The average Bonchev–Trinajstić information content (AvgIpc) is 3.51. The van der Waals surface area contributed by atoms with Gasteiger partial charge in [-0.25, -0.2) is 9.59 Å². The second-order valence-corrected chi connectivity index (χ2v) is 22.6. The first-order valence-electron chi connectivity index (χ1n) is 29.7. The van der Waals surface area contributed by atoms with Crippen molar-refractivity contribution in [2.45, 2.75) is 128 Å². The first kappa shape index (κ1) is 66.5. The molecule has 5 aromatic rings. The summed E-state index contributed by atoms with van der Waals surface area (Å²) in [6, 6.07) is 33.5. The number of likely N-dealkylation sites (tertiary alicyclic amines) is 3. The van der Waals surface area contributed by atoms with Crippen LogP contribution >= 0.6 is 11.3 Å². The molecule has 0 saturated carbocycles. The third-order valence-electron chi connectivity index (χ3n) is 16.5. The smallest absolute Gasteiger partial charge is 0.363 e. The number of esters is 2. The lowest BCUT2D eigenvalue weighted by Crippen LogP contribution is -2.62. The zero-order valence-corrected chi connectivity index (χ0v) is 51.6. The highest BCUT2D eigenvalue weighted by Crippen LogP contribution is 2.38. The number of benzene rings is 3. The Labute approximate surface area is 500 Å². The summed E-state index contributed by atoms with van der Waals surface area (Å²) in [5, 5.41) is 9.96. The number of amides is 3. The van der Waals surface area contributed by atoms with Gasteiger partial charge in [0.1, 0.15) is 5.54 Å². The minimum absolute atomic E-state index is 0.106. The normalized spacial score (nSPS) is 16.6. The van der Waals surface area contributed by atoms with Gasteiger partial charge in [0.05, 0.1) is 51.5 Å². The van der Waals surface area contributed by atoms with E-state index in [0.29, 0.717) is 90.1 Å². The van der Waals surface area contributed by atoms with Crippen LogP contribution in [0, 0.1) is 0 Å². The van der Waals surface area contributed by atoms with E-state index in [2.05, 4.69) is 47.4 Å². The maximum absolute atomic E-state index is 13.0. The molecular weight excluding hydrogens is 1090 g/mol. The molecule has 21 heteroatoms. The van der Waals surface area contributed by atoms with Crippen LogP contribution in [0.3, 0.4) is 0 Å². The van der Waals surface area contributed by atoms with Crippen LogP contribution in [-0.4, -0.2) is 181 Å². The predicted molar refractivity (Wildman–Crippen MR) is 328 cm³/mol. The Morgan fingerprint density at radius 1 is 0.512 bits per heavy atom. The topological polar surface area (TPSA) is 194 Å². The minimum Gasteiger partial charge on any atom is -0.469 e. The van der Waals surface area contributed by atoms with Crippen molar-refractivity contribution in [3.63, 3.8) is 0 Å². The number of hydrogen-bond donors (Lipinski definition) is 0. The summed E-state index contributed by atoms with van der Waals surface area (Å²) in [6.07, 6.45) is 7.02. The maximum Gasteiger partial charge on any atom is 0.363 e. The summed E-state index contributed by atoms with van der Waals surface area (Å²) in [6.45, 7) is 16.8. The minimum atomic E-state index is -1.04. The number of rotatable bonds is 24. The van der Waals surface area contributed by atoms with E-state index in [9.17, 15) is 28.8 Å². The van der Waals surface area contributed by atoms with Crippen LogP contribution in [0.2, 0.25) is 0 Å². The maximum atomic E-state index is 13.0. The van der Waals surface area contributed by atoms with Crippen LogP contribution in [0.25, 0.3) is 0 Å². The summed E-state index contributed by atoms with van der Waals surface area (Å²) in [7, 11) is 6.16. The van der Waals surface area contributed by atoms with Gasteiger partial charge in [0.15, 0.2) is 0 Å². The number of piperidine rings is 3. The predicted octanol–water partition coefficient (Wildman–Crippen LogP) is 7.60. The molecule has 3 aliphatic heterocycles. The molecule has 0 radical (unpaired) electrons. The fourth-order valence-corrected chi connectivity index (χ4v) is 12.5. The molecule has 3 fully saturated rings. The number of methoxy groups -OCH3 is 4. The van der Waals surface area contributed by atoms with Crippen LogP contribution < -0.4 is 20.4 Å². The van der Waals surface area contributed by atoms with E-state index in [1.165, 1.54) is 28.5 Å². The lowest BCUT2D eigenvalue weighted by Gasteiger charge is -2.48. The molecule has 0 aliphatic carbocycles. The molecule has 20 nitrogen and oxygen atoms in total. The number of hydrogen-bond acceptors (Lipinski definition) is 16. The van der Waals surface area contributed by atoms with E-state index >= 15 is 0 Å². The number of nitrogens with zero attached hydrogens (tertiary/aromatic N) is 10. The molecule has 458 valence electrons. The van der Waals surface area contributed by atoms with Crippen molar-refractivity contribution in [1.82, 2.24) is 34.5 Å². The first-order valence-corrected chi connectivity index (χ1v) is 30.6. The molecule has 3 aromatic carbocycles. The molecule has 0 unspecified atom stereocenters. The monoisotopic (exact) mass is 1180 g/mol. The van der Waals surface area contributed by atoms with Crippen LogP contribution in [0.1, 0.15) is 96.8 Å². The Kier molecular flexibility index (Phi) is 26.3. The fourth-order valence-electron chi connectivity index (χ4n) is 11.8. The van der Waals surface area contributed by atoms with E-state index in [4.69, 9.17) is 14.2 Å². The SMILES string of the molecule is CCC(=O)N(c1ccccc1)C1(C(=O)OC)CCN(CCC(=O)OC)CC1.CCC(=O)N(c1ccccc1)C1(COC)CCN(CCc2cccs2)CC1.CCC(=O)N(c1ccccc1)C1(COC)CCN(CCn2nnn(CC)c2=O)CC1. The Bertz CT molecular complexity index is 2830. The Morgan fingerprint density at radius 2 is 0.940 bits per heavy atom. The van der Waals surface area contributed by atoms with E-state index in [1.807, 2.05) is 133 Å². The van der Waals surface area contributed by atoms with Crippen LogP contribution in [0.4, 0.5) is 17.1 Å². The molecule has 3 amide bonds. The second kappa shape index (κ2) is 33.2. The van der Waals surface area contributed by atoms with Crippen LogP contribution in [0.5, 0.6) is 0 Å². The van der Waals surface area contributed by atoms with Crippen LogP contribution in [0.15, 0.2) is 113 Å². The summed E-state index contributed by atoms with van der Waals surface area (Å²) < 4.78 is 23.8. The fraction of sp³-hybridized carbons (Fsp3) is 0.556. The number of carbonyl (C=O) groups is 5. The quantitative estimate of drug-likeness (QED) is 0.0548. The molecule has 2 aromatic heterocycles. The number of ether oxygens (including phenoxy) is 4. The van der Waals surface area contributed by atoms with Crippen molar-refractivity contribution < 1.29 is 42.9 Å². The van der Waals surface area contributed by atoms with Crippen molar-refractivity contribution in [1.29, 1.82) is 0 Å². The van der Waals surface area contributed by atoms with E-state index in [1.54, 1.807) is 26.0 Å². The van der Waals surface area contributed by atoms with Gasteiger partial charge in [0.2, 0.25) is 17.7 Å². The van der Waals surface area contributed by atoms with Crippen molar-refractivity contribution in [3.8, 4) is 0 Å². The number of anilines is 3. The molecule has 3 aliphatic rings. The highest BCUT2D eigenvalue weighted by atomic mass is 32.1. The molecule has 5 heterocycles. The number of carbonyl (C=O) groups excluding carboxylic acids is 5. The summed E-state index contributed by atoms with van der Waals surface area (Å²) in [5.41, 5.74) is 0.742. The largest absolute Gasteiger partial charge is 0.469 e. The summed E-state index contributed by atoms with van der Waals surface area (Å²) in [5.74, 6) is -0.498. The molecule has 84 heavy (non-hydrogen) atoms. The van der Waals surface area contributed by atoms with Gasteiger partial charge in [0, 0.05) is 121 Å². The molecule has 0 N–H and O–H groups in total. The average molecular weight is 1180 g/mol. The zero-order valence-electron chi connectivity index (χ0n) is 50.8. The van der Waals surface area contributed by atoms with Gasteiger partial charge < -0.3 is 43.4 Å². The van der Waals surface area contributed by atoms with Gasteiger partial charge >= 0.3 is 17.6 Å². The lowest BCUT2D eigenvalue weighted by molar-refractivity contribution is -0.151. The van der Waals surface area contributed by atoms with E-state index in [0.717, 1.165) is 82.7 Å². The van der Waals surface area contributed by atoms with Crippen molar-refractivity contribution >= 4 is 58.1 Å². The van der Waals surface area contributed by atoms with Gasteiger partial charge in [-0.15, -0.1) is 11.3 Å².